The molecule has 1 aromatic rings. The van der Waals surface area contributed by atoms with Crippen molar-refractivity contribution in [3.05, 3.63) is 41.0 Å². The van der Waals surface area contributed by atoms with E-state index in [4.69, 9.17) is 5.26 Å². The van der Waals surface area contributed by atoms with Crippen molar-refractivity contribution >= 4 is 11.5 Å². The molecular formula is C20H24N2O. The van der Waals surface area contributed by atoms with Gasteiger partial charge in [-0.2, -0.15) is 5.26 Å². The van der Waals surface area contributed by atoms with Gasteiger partial charge in [-0.1, -0.05) is 25.3 Å². The molecule has 0 atom stereocenters. The van der Waals surface area contributed by atoms with Gasteiger partial charge in [0.1, 0.15) is 0 Å². The van der Waals surface area contributed by atoms with E-state index >= 15 is 0 Å². The van der Waals surface area contributed by atoms with E-state index in [9.17, 15) is 4.79 Å². The maximum Gasteiger partial charge on any atom is 0.160 e. The first-order valence-electron chi connectivity index (χ1n) is 8.56. The molecule has 0 amide bonds. The van der Waals surface area contributed by atoms with Crippen molar-refractivity contribution in [2.45, 2.75) is 57.9 Å². The second-order valence-electron chi connectivity index (χ2n) is 7.46. The van der Waals surface area contributed by atoms with Crippen LogP contribution in [-0.4, -0.2) is 11.3 Å². The van der Waals surface area contributed by atoms with Crippen LogP contribution in [0.4, 0.5) is 0 Å². The first kappa shape index (κ1) is 15.8. The molecule has 0 saturated heterocycles. The van der Waals surface area contributed by atoms with Crippen LogP contribution in [0.5, 0.6) is 0 Å². The second kappa shape index (κ2) is 6.20. The van der Waals surface area contributed by atoms with Crippen LogP contribution in [0.1, 0.15) is 62.6 Å². The number of hydrogen-bond acceptors (Lipinski definition) is 3. The number of nitrogens with one attached hydrogen (secondary N) is 1. The molecule has 23 heavy (non-hydrogen) atoms. The van der Waals surface area contributed by atoms with Gasteiger partial charge in [0.2, 0.25) is 0 Å². The fourth-order valence-electron chi connectivity index (χ4n) is 3.76. The standard InChI is InChI=1S/C20H24N2O/c1-20(2)12-16-9-8-14(13-21)10-17(16)18(22-20)11-19(23)15-6-4-3-5-7-15/h8-11,15,22H,3-7,12H2,1-2H3/b18-11-. The predicted molar refractivity (Wildman–Crippen MR) is 91.6 cm³/mol. The van der Waals surface area contributed by atoms with Crippen LogP contribution >= 0.6 is 0 Å². The molecule has 1 heterocycles. The van der Waals surface area contributed by atoms with Crippen LogP contribution in [0.15, 0.2) is 24.3 Å². The Balaban J connectivity index is 1.96. The third-order valence-electron chi connectivity index (χ3n) is 4.93. The average molecular weight is 308 g/mol. The summed E-state index contributed by atoms with van der Waals surface area (Å²) in [5.41, 5.74) is 3.65. The molecule has 0 unspecified atom stereocenters. The summed E-state index contributed by atoms with van der Waals surface area (Å²) in [5, 5.41) is 12.7. The van der Waals surface area contributed by atoms with Gasteiger partial charge in [-0.3, -0.25) is 4.79 Å². The highest BCUT2D eigenvalue weighted by molar-refractivity contribution is 5.98. The normalized spacial score (nSPS) is 22.0. The van der Waals surface area contributed by atoms with Crippen molar-refractivity contribution in [2.24, 2.45) is 5.92 Å². The van der Waals surface area contributed by atoms with E-state index in [1.54, 1.807) is 6.08 Å². The van der Waals surface area contributed by atoms with Gasteiger partial charge in [-0.25, -0.2) is 0 Å². The smallest absolute Gasteiger partial charge is 0.160 e. The Morgan fingerprint density at radius 3 is 2.74 bits per heavy atom. The number of carbonyl (C=O) groups is 1. The highest BCUT2D eigenvalue weighted by atomic mass is 16.1. The Bertz CT molecular complexity index is 688. The van der Waals surface area contributed by atoms with Crippen LogP contribution in [0.3, 0.4) is 0 Å². The SMILES string of the molecule is CC1(C)Cc2ccc(C#N)cc2/C(=C/C(=O)C2CCCCC2)N1. The summed E-state index contributed by atoms with van der Waals surface area (Å²) in [6.07, 6.45) is 8.27. The van der Waals surface area contributed by atoms with E-state index in [0.29, 0.717) is 5.56 Å². The van der Waals surface area contributed by atoms with Crippen molar-refractivity contribution in [2.75, 3.05) is 0 Å². The molecule has 1 aromatic carbocycles. The van der Waals surface area contributed by atoms with Crippen molar-refractivity contribution in [1.82, 2.24) is 5.32 Å². The number of rotatable bonds is 2. The monoisotopic (exact) mass is 308 g/mol. The Labute approximate surface area is 138 Å². The Hall–Kier alpha value is -2.08. The number of benzene rings is 1. The molecular weight excluding hydrogens is 284 g/mol. The van der Waals surface area contributed by atoms with Crippen LogP contribution in [0, 0.1) is 17.2 Å². The molecule has 1 aliphatic heterocycles. The van der Waals surface area contributed by atoms with E-state index in [1.165, 1.54) is 12.0 Å². The van der Waals surface area contributed by atoms with Gasteiger partial charge in [0.15, 0.2) is 5.78 Å². The minimum absolute atomic E-state index is 0.0835. The van der Waals surface area contributed by atoms with Crippen LogP contribution in [-0.2, 0) is 11.2 Å². The number of fused-ring (bicyclic) bond motifs is 1. The maximum absolute atomic E-state index is 12.7. The molecule has 2 aliphatic rings. The molecule has 120 valence electrons. The predicted octanol–water partition coefficient (Wildman–Crippen LogP) is 3.97. The van der Waals surface area contributed by atoms with Gasteiger partial charge in [-0.05, 0) is 50.8 Å². The number of nitrogens with zero attached hydrogens (tertiary/aromatic N) is 1. The van der Waals surface area contributed by atoms with E-state index in [-0.39, 0.29) is 17.2 Å². The zero-order valence-electron chi connectivity index (χ0n) is 14.0. The molecule has 3 rings (SSSR count). The van der Waals surface area contributed by atoms with E-state index < -0.39 is 0 Å². The van der Waals surface area contributed by atoms with Gasteiger partial charge in [0.25, 0.3) is 0 Å². The molecule has 1 aliphatic carbocycles. The van der Waals surface area contributed by atoms with Crippen molar-refractivity contribution in [3.8, 4) is 6.07 Å². The topological polar surface area (TPSA) is 52.9 Å². The van der Waals surface area contributed by atoms with Crippen LogP contribution in [0.2, 0.25) is 0 Å². The summed E-state index contributed by atoms with van der Waals surface area (Å²) in [6, 6.07) is 7.98. The molecule has 3 heteroatoms. The lowest BCUT2D eigenvalue weighted by Gasteiger charge is -2.36. The third kappa shape index (κ3) is 3.47. The minimum Gasteiger partial charge on any atom is -0.379 e. The van der Waals surface area contributed by atoms with Gasteiger partial charge < -0.3 is 5.32 Å². The lowest BCUT2D eigenvalue weighted by Crippen LogP contribution is -2.44. The van der Waals surface area contributed by atoms with Gasteiger partial charge in [0.05, 0.1) is 11.6 Å². The second-order valence-corrected chi connectivity index (χ2v) is 7.46. The summed E-state index contributed by atoms with van der Waals surface area (Å²) < 4.78 is 0. The largest absolute Gasteiger partial charge is 0.379 e. The highest BCUT2D eigenvalue weighted by Crippen LogP contribution is 2.32. The molecule has 0 bridgehead atoms. The zero-order chi connectivity index (χ0) is 16.4. The van der Waals surface area contributed by atoms with E-state index in [1.807, 2.05) is 18.2 Å². The lowest BCUT2D eigenvalue weighted by molar-refractivity contribution is -0.119. The Kier molecular flexibility index (Phi) is 4.26. The molecule has 0 aromatic heterocycles. The third-order valence-corrected chi connectivity index (χ3v) is 4.93. The lowest BCUT2D eigenvalue weighted by atomic mass is 9.82. The molecule has 0 spiro atoms. The van der Waals surface area contributed by atoms with Gasteiger partial charge in [0, 0.05) is 28.8 Å². The fourth-order valence-corrected chi connectivity index (χ4v) is 3.76. The molecule has 0 radical (unpaired) electrons. The highest BCUT2D eigenvalue weighted by Gasteiger charge is 2.29. The summed E-state index contributed by atoms with van der Waals surface area (Å²) >= 11 is 0. The van der Waals surface area contributed by atoms with Crippen molar-refractivity contribution in [1.29, 1.82) is 5.26 Å². The molecule has 3 nitrogen and oxygen atoms in total. The number of hydrogen-bond donors (Lipinski definition) is 1. The van der Waals surface area contributed by atoms with E-state index in [0.717, 1.165) is 43.4 Å². The minimum atomic E-state index is -0.0835. The van der Waals surface area contributed by atoms with E-state index in [2.05, 4.69) is 25.2 Å². The number of ketones is 1. The van der Waals surface area contributed by atoms with Gasteiger partial charge in [-0.15, -0.1) is 0 Å². The number of carbonyl (C=O) groups excluding carboxylic acids is 1. The average Bonchev–Trinajstić information content (AvgIpc) is 2.54. The summed E-state index contributed by atoms with van der Waals surface area (Å²) in [7, 11) is 0. The molecule has 1 fully saturated rings. The fraction of sp³-hybridized carbons (Fsp3) is 0.500. The summed E-state index contributed by atoms with van der Waals surface area (Å²) in [5.74, 6) is 0.406. The maximum atomic E-state index is 12.7. The van der Waals surface area contributed by atoms with Gasteiger partial charge >= 0.3 is 0 Å². The van der Waals surface area contributed by atoms with Crippen molar-refractivity contribution in [3.63, 3.8) is 0 Å². The number of nitriles is 1. The number of allylic oxidation sites excluding steroid dienone is 1. The summed E-state index contributed by atoms with van der Waals surface area (Å²) in [4.78, 5) is 12.7. The first-order chi connectivity index (χ1) is 11.0. The van der Waals surface area contributed by atoms with Crippen molar-refractivity contribution < 1.29 is 4.79 Å². The molecule has 1 saturated carbocycles. The molecule has 1 N–H and O–H groups in total. The summed E-state index contributed by atoms with van der Waals surface area (Å²) in [6.45, 7) is 4.29. The quantitative estimate of drug-likeness (QED) is 0.841. The zero-order valence-corrected chi connectivity index (χ0v) is 14.0. The Morgan fingerprint density at radius 2 is 2.04 bits per heavy atom. The Morgan fingerprint density at radius 1 is 1.30 bits per heavy atom. The van der Waals surface area contributed by atoms with Crippen LogP contribution in [0.25, 0.3) is 5.70 Å². The first-order valence-corrected chi connectivity index (χ1v) is 8.56. The van der Waals surface area contributed by atoms with Crippen LogP contribution < -0.4 is 5.32 Å².